The van der Waals surface area contributed by atoms with Crippen LogP contribution in [-0.4, -0.2) is 11.4 Å². The molecule has 0 aliphatic heterocycles. The van der Waals surface area contributed by atoms with Crippen LogP contribution in [0, 0.1) is 0 Å². The van der Waals surface area contributed by atoms with Crippen LogP contribution in [0.25, 0.3) is 0 Å². The number of halogens is 1. The number of hydrogen-bond acceptors (Lipinski definition) is 1. The molecule has 0 bridgehead atoms. The maximum absolute atomic E-state index is 11.6. The highest BCUT2D eigenvalue weighted by Gasteiger charge is 2.13. The van der Waals surface area contributed by atoms with Gasteiger partial charge >= 0.3 is 0 Å². The fourth-order valence-electron chi connectivity index (χ4n) is 1.25. The van der Waals surface area contributed by atoms with Crippen LogP contribution in [0.15, 0.2) is 24.3 Å². The van der Waals surface area contributed by atoms with Gasteiger partial charge in [0, 0.05) is 10.6 Å². The second kappa shape index (κ2) is 4.67. The summed E-state index contributed by atoms with van der Waals surface area (Å²) in [6.45, 7) is 5.90. The molecular formula is C12H16ClNO. The SMILES string of the molecule is CC(C)(C)NC(=O)Cc1ccc(Cl)cc1. The van der Waals surface area contributed by atoms with E-state index >= 15 is 0 Å². The van der Waals surface area contributed by atoms with E-state index in [1.807, 2.05) is 32.9 Å². The van der Waals surface area contributed by atoms with Gasteiger partial charge in [-0.25, -0.2) is 0 Å². The van der Waals surface area contributed by atoms with Gasteiger partial charge in [0.1, 0.15) is 0 Å². The van der Waals surface area contributed by atoms with Crippen LogP contribution in [0.2, 0.25) is 5.02 Å². The van der Waals surface area contributed by atoms with Crippen molar-refractivity contribution in [2.24, 2.45) is 0 Å². The second-order valence-corrected chi connectivity index (χ2v) is 5.04. The van der Waals surface area contributed by atoms with Crippen molar-refractivity contribution in [2.45, 2.75) is 32.7 Å². The van der Waals surface area contributed by atoms with Crippen LogP contribution in [0.1, 0.15) is 26.3 Å². The first kappa shape index (κ1) is 12.1. The van der Waals surface area contributed by atoms with Gasteiger partial charge in [0.05, 0.1) is 6.42 Å². The fraction of sp³-hybridized carbons (Fsp3) is 0.417. The highest BCUT2D eigenvalue weighted by atomic mass is 35.5. The van der Waals surface area contributed by atoms with Gasteiger partial charge in [0.15, 0.2) is 0 Å². The molecule has 0 heterocycles. The Bertz CT molecular complexity index is 338. The van der Waals surface area contributed by atoms with Gasteiger partial charge in [-0.3, -0.25) is 4.79 Å². The zero-order chi connectivity index (χ0) is 11.5. The molecule has 0 aliphatic carbocycles. The number of rotatable bonds is 2. The van der Waals surface area contributed by atoms with Crippen molar-refractivity contribution in [3.8, 4) is 0 Å². The molecule has 0 fully saturated rings. The third kappa shape index (κ3) is 4.84. The molecule has 3 heteroatoms. The molecule has 1 aromatic carbocycles. The minimum absolute atomic E-state index is 0.0322. The summed E-state index contributed by atoms with van der Waals surface area (Å²) in [5.74, 6) is 0.0322. The van der Waals surface area contributed by atoms with Crippen LogP contribution >= 0.6 is 11.6 Å². The Morgan fingerprint density at radius 3 is 2.27 bits per heavy atom. The summed E-state index contributed by atoms with van der Waals surface area (Å²) in [7, 11) is 0. The summed E-state index contributed by atoms with van der Waals surface area (Å²) < 4.78 is 0. The summed E-state index contributed by atoms with van der Waals surface area (Å²) in [5.41, 5.74) is 0.796. The first-order valence-corrected chi connectivity index (χ1v) is 5.30. The highest BCUT2D eigenvalue weighted by Crippen LogP contribution is 2.10. The van der Waals surface area contributed by atoms with E-state index in [0.29, 0.717) is 11.4 Å². The molecule has 0 aliphatic rings. The van der Waals surface area contributed by atoms with Gasteiger partial charge < -0.3 is 5.32 Å². The minimum atomic E-state index is -0.177. The lowest BCUT2D eigenvalue weighted by Gasteiger charge is -2.20. The Kier molecular flexibility index (Phi) is 3.75. The number of amides is 1. The van der Waals surface area contributed by atoms with Crippen molar-refractivity contribution in [3.05, 3.63) is 34.9 Å². The van der Waals surface area contributed by atoms with Gasteiger partial charge in [-0.05, 0) is 38.5 Å². The van der Waals surface area contributed by atoms with E-state index in [9.17, 15) is 4.79 Å². The third-order valence-electron chi connectivity index (χ3n) is 1.79. The molecule has 0 atom stereocenters. The molecule has 82 valence electrons. The largest absolute Gasteiger partial charge is 0.351 e. The number of nitrogens with one attached hydrogen (secondary N) is 1. The Hall–Kier alpha value is -1.02. The van der Waals surface area contributed by atoms with Crippen molar-refractivity contribution < 1.29 is 4.79 Å². The van der Waals surface area contributed by atoms with Crippen LogP contribution in [0.5, 0.6) is 0 Å². The molecule has 0 saturated carbocycles. The zero-order valence-corrected chi connectivity index (χ0v) is 10.1. The molecular weight excluding hydrogens is 210 g/mol. The average Bonchev–Trinajstić information content (AvgIpc) is 2.05. The summed E-state index contributed by atoms with van der Waals surface area (Å²) in [6.07, 6.45) is 0.397. The molecule has 0 unspecified atom stereocenters. The van der Waals surface area contributed by atoms with E-state index in [2.05, 4.69) is 5.32 Å². The molecule has 1 amide bonds. The van der Waals surface area contributed by atoms with Gasteiger partial charge in [-0.2, -0.15) is 0 Å². The molecule has 15 heavy (non-hydrogen) atoms. The third-order valence-corrected chi connectivity index (χ3v) is 2.04. The van der Waals surface area contributed by atoms with Crippen LogP contribution in [0.4, 0.5) is 0 Å². The molecule has 1 aromatic rings. The first-order valence-electron chi connectivity index (χ1n) is 4.92. The van der Waals surface area contributed by atoms with Crippen molar-refractivity contribution in [1.29, 1.82) is 0 Å². The maximum Gasteiger partial charge on any atom is 0.224 e. The Morgan fingerprint density at radius 2 is 1.80 bits per heavy atom. The lowest BCUT2D eigenvalue weighted by Crippen LogP contribution is -2.41. The van der Waals surface area contributed by atoms with Gasteiger partial charge in [-0.15, -0.1) is 0 Å². The molecule has 0 aromatic heterocycles. The number of benzene rings is 1. The van der Waals surface area contributed by atoms with Crippen LogP contribution < -0.4 is 5.32 Å². The van der Waals surface area contributed by atoms with E-state index < -0.39 is 0 Å². The van der Waals surface area contributed by atoms with Crippen molar-refractivity contribution in [3.63, 3.8) is 0 Å². The topological polar surface area (TPSA) is 29.1 Å². The second-order valence-electron chi connectivity index (χ2n) is 4.60. The molecule has 2 nitrogen and oxygen atoms in total. The molecule has 1 rings (SSSR count). The average molecular weight is 226 g/mol. The van der Waals surface area contributed by atoms with E-state index in [1.165, 1.54) is 0 Å². The monoisotopic (exact) mass is 225 g/mol. The Balaban J connectivity index is 2.55. The predicted octanol–water partition coefficient (Wildman–Crippen LogP) is 2.80. The first-order chi connectivity index (χ1) is 6.87. The Labute approximate surface area is 95.6 Å². The fourth-order valence-corrected chi connectivity index (χ4v) is 1.38. The lowest BCUT2D eigenvalue weighted by atomic mass is 10.1. The van der Waals surface area contributed by atoms with E-state index in [0.717, 1.165) is 5.56 Å². The molecule has 0 saturated heterocycles. The molecule has 0 radical (unpaired) electrons. The summed E-state index contributed by atoms with van der Waals surface area (Å²) in [6, 6.07) is 7.32. The van der Waals surface area contributed by atoms with Crippen LogP contribution in [0.3, 0.4) is 0 Å². The van der Waals surface area contributed by atoms with Gasteiger partial charge in [-0.1, -0.05) is 23.7 Å². The summed E-state index contributed by atoms with van der Waals surface area (Å²) in [4.78, 5) is 11.6. The lowest BCUT2D eigenvalue weighted by molar-refractivity contribution is -0.121. The molecule has 0 spiro atoms. The quantitative estimate of drug-likeness (QED) is 0.824. The van der Waals surface area contributed by atoms with Crippen molar-refractivity contribution in [1.82, 2.24) is 5.32 Å². The number of carbonyl (C=O) groups is 1. The van der Waals surface area contributed by atoms with E-state index in [1.54, 1.807) is 12.1 Å². The normalized spacial score (nSPS) is 11.2. The molecule has 1 N–H and O–H groups in total. The maximum atomic E-state index is 11.6. The number of hydrogen-bond donors (Lipinski definition) is 1. The zero-order valence-electron chi connectivity index (χ0n) is 9.30. The summed E-state index contributed by atoms with van der Waals surface area (Å²) in [5, 5.41) is 3.60. The number of carbonyl (C=O) groups excluding carboxylic acids is 1. The Morgan fingerprint density at radius 1 is 1.27 bits per heavy atom. The minimum Gasteiger partial charge on any atom is -0.351 e. The van der Waals surface area contributed by atoms with Crippen molar-refractivity contribution >= 4 is 17.5 Å². The smallest absolute Gasteiger partial charge is 0.224 e. The highest BCUT2D eigenvalue weighted by molar-refractivity contribution is 6.30. The van der Waals surface area contributed by atoms with Crippen molar-refractivity contribution in [2.75, 3.05) is 0 Å². The van der Waals surface area contributed by atoms with Gasteiger partial charge in [0.2, 0.25) is 5.91 Å². The standard InChI is InChI=1S/C12H16ClNO/c1-12(2,3)14-11(15)8-9-4-6-10(13)7-5-9/h4-7H,8H2,1-3H3,(H,14,15). The van der Waals surface area contributed by atoms with Crippen LogP contribution in [-0.2, 0) is 11.2 Å². The van der Waals surface area contributed by atoms with E-state index in [-0.39, 0.29) is 11.4 Å². The van der Waals surface area contributed by atoms with E-state index in [4.69, 9.17) is 11.6 Å². The van der Waals surface area contributed by atoms with Gasteiger partial charge in [0.25, 0.3) is 0 Å². The summed E-state index contributed by atoms with van der Waals surface area (Å²) >= 11 is 5.75. The predicted molar refractivity (Wildman–Crippen MR) is 63.1 cm³/mol.